The molecule has 1 N–H and O–H groups in total. The lowest BCUT2D eigenvalue weighted by Crippen LogP contribution is -2.35. The fraction of sp³-hybridized carbons (Fsp3) is 0.136. The lowest BCUT2D eigenvalue weighted by atomic mass is 9.93. The summed E-state index contributed by atoms with van der Waals surface area (Å²) >= 11 is 6.86. The van der Waals surface area contributed by atoms with E-state index in [2.05, 4.69) is 0 Å². The fourth-order valence-electron chi connectivity index (χ4n) is 3.47. The van der Waals surface area contributed by atoms with E-state index < -0.39 is 11.0 Å². The molecule has 0 radical (unpaired) electrons. The number of hydrogen-bond donors (Lipinski definition) is 1. The van der Waals surface area contributed by atoms with E-state index >= 15 is 0 Å². The summed E-state index contributed by atoms with van der Waals surface area (Å²) in [5, 5.41) is 11.7. The minimum absolute atomic E-state index is 0.271. The molecule has 0 bridgehead atoms. The van der Waals surface area contributed by atoms with Gasteiger partial charge in [-0.3, -0.25) is 0 Å². The Morgan fingerprint density at radius 2 is 1.52 bits per heavy atom. The lowest BCUT2D eigenvalue weighted by molar-refractivity contribution is 0.0588. The Bertz CT molecular complexity index is 951. The summed E-state index contributed by atoms with van der Waals surface area (Å²) in [5.74, 6) is -0.271. The van der Waals surface area contributed by atoms with Crippen molar-refractivity contribution >= 4 is 28.3 Å². The van der Waals surface area contributed by atoms with E-state index in [-0.39, 0.29) is 5.82 Å². The number of rotatable bonds is 4. The van der Waals surface area contributed by atoms with Crippen LogP contribution in [0.3, 0.4) is 0 Å². The molecule has 5 heteroatoms. The van der Waals surface area contributed by atoms with Crippen molar-refractivity contribution < 1.29 is 9.50 Å². The van der Waals surface area contributed by atoms with E-state index in [4.69, 9.17) is 12.2 Å². The van der Waals surface area contributed by atoms with E-state index in [0.29, 0.717) is 16.4 Å². The molecule has 1 fully saturated rings. The Morgan fingerprint density at radius 1 is 0.926 bits per heavy atom. The summed E-state index contributed by atoms with van der Waals surface area (Å²) in [6, 6.07) is 25.5. The molecule has 0 aliphatic carbocycles. The smallest absolute Gasteiger partial charge is 0.167 e. The molecule has 2 atom stereocenters. The SMILES string of the molecule is OC1(c2ccccc2)SC(=S)N(Cc2ccccc2F)C1c1ccccc1. The van der Waals surface area contributed by atoms with Crippen molar-refractivity contribution in [2.75, 3.05) is 0 Å². The predicted molar refractivity (Wildman–Crippen MR) is 112 cm³/mol. The van der Waals surface area contributed by atoms with Gasteiger partial charge in [0.2, 0.25) is 0 Å². The molecule has 3 aromatic rings. The van der Waals surface area contributed by atoms with E-state index in [1.54, 1.807) is 12.1 Å². The zero-order valence-corrected chi connectivity index (χ0v) is 16.1. The molecule has 2 unspecified atom stereocenters. The fourth-order valence-corrected chi connectivity index (χ4v) is 5.20. The van der Waals surface area contributed by atoms with Crippen LogP contribution in [-0.2, 0) is 11.5 Å². The van der Waals surface area contributed by atoms with Gasteiger partial charge in [0.05, 0.1) is 6.04 Å². The summed E-state index contributed by atoms with van der Waals surface area (Å²) in [6.45, 7) is 0.299. The van der Waals surface area contributed by atoms with Crippen molar-refractivity contribution in [2.45, 2.75) is 17.5 Å². The third kappa shape index (κ3) is 3.38. The minimum atomic E-state index is -1.25. The number of hydrogen-bond acceptors (Lipinski definition) is 3. The normalized spacial score (nSPS) is 22.2. The highest BCUT2D eigenvalue weighted by atomic mass is 32.2. The molecule has 27 heavy (non-hydrogen) atoms. The molecule has 136 valence electrons. The van der Waals surface area contributed by atoms with Gasteiger partial charge in [0.25, 0.3) is 0 Å². The lowest BCUT2D eigenvalue weighted by Gasteiger charge is -2.34. The van der Waals surface area contributed by atoms with E-state index in [0.717, 1.165) is 11.1 Å². The second-order valence-electron chi connectivity index (χ2n) is 6.46. The predicted octanol–water partition coefficient (Wildman–Crippen LogP) is 5.25. The third-order valence-corrected chi connectivity index (χ3v) is 6.42. The van der Waals surface area contributed by atoms with Gasteiger partial charge in [-0.05, 0) is 17.2 Å². The van der Waals surface area contributed by atoms with Crippen molar-refractivity contribution in [1.82, 2.24) is 4.90 Å². The first-order chi connectivity index (χ1) is 13.1. The van der Waals surface area contributed by atoms with Crippen LogP contribution in [0.5, 0.6) is 0 Å². The number of nitrogens with zero attached hydrogens (tertiary/aromatic N) is 1. The van der Waals surface area contributed by atoms with Crippen LogP contribution in [0.4, 0.5) is 4.39 Å². The average molecular weight is 396 g/mol. The summed E-state index contributed by atoms with van der Waals surface area (Å²) in [5.41, 5.74) is 2.27. The van der Waals surface area contributed by atoms with Crippen LogP contribution in [0, 0.1) is 5.82 Å². The molecular formula is C22H18FNOS2. The van der Waals surface area contributed by atoms with E-state index in [1.807, 2.05) is 71.6 Å². The Morgan fingerprint density at radius 3 is 2.19 bits per heavy atom. The van der Waals surface area contributed by atoms with Gasteiger partial charge in [0.1, 0.15) is 10.1 Å². The van der Waals surface area contributed by atoms with Crippen LogP contribution in [0.1, 0.15) is 22.7 Å². The molecule has 2 nitrogen and oxygen atoms in total. The minimum Gasteiger partial charge on any atom is -0.372 e. The van der Waals surface area contributed by atoms with Gasteiger partial charge in [0.15, 0.2) is 4.93 Å². The van der Waals surface area contributed by atoms with Crippen molar-refractivity contribution in [3.63, 3.8) is 0 Å². The molecular weight excluding hydrogens is 377 g/mol. The topological polar surface area (TPSA) is 23.5 Å². The standard InChI is InChI=1S/C22H18FNOS2/c23-19-14-8-7-11-17(19)15-24-20(16-9-3-1-4-10-16)22(25,27-21(24)26)18-12-5-2-6-13-18/h1-14,20,25H,15H2. The van der Waals surface area contributed by atoms with Gasteiger partial charge in [-0.1, -0.05) is 103 Å². The molecule has 1 saturated heterocycles. The van der Waals surface area contributed by atoms with Crippen LogP contribution in [0.25, 0.3) is 0 Å². The largest absolute Gasteiger partial charge is 0.372 e. The van der Waals surface area contributed by atoms with Crippen LogP contribution < -0.4 is 0 Å². The van der Waals surface area contributed by atoms with Crippen LogP contribution in [0.2, 0.25) is 0 Å². The summed E-state index contributed by atoms with van der Waals surface area (Å²) in [4.78, 5) is 0.672. The van der Waals surface area contributed by atoms with Gasteiger partial charge in [-0.2, -0.15) is 0 Å². The molecule has 1 heterocycles. The Kier molecular flexibility index (Phi) is 5.00. The van der Waals surface area contributed by atoms with E-state index in [9.17, 15) is 9.50 Å². The van der Waals surface area contributed by atoms with Gasteiger partial charge < -0.3 is 10.0 Å². The van der Waals surface area contributed by atoms with Crippen molar-refractivity contribution in [3.8, 4) is 0 Å². The Hall–Kier alpha value is -2.21. The van der Waals surface area contributed by atoms with Gasteiger partial charge >= 0.3 is 0 Å². The number of benzene rings is 3. The van der Waals surface area contributed by atoms with Crippen molar-refractivity contribution in [3.05, 3.63) is 107 Å². The maximum Gasteiger partial charge on any atom is 0.167 e. The highest BCUT2D eigenvalue weighted by molar-refractivity contribution is 8.23. The molecule has 4 rings (SSSR count). The third-order valence-electron chi connectivity index (χ3n) is 4.76. The highest BCUT2D eigenvalue weighted by Gasteiger charge is 2.51. The van der Waals surface area contributed by atoms with Gasteiger partial charge in [-0.25, -0.2) is 4.39 Å². The summed E-state index contributed by atoms with van der Waals surface area (Å²) in [6.07, 6.45) is 0. The van der Waals surface area contributed by atoms with Crippen LogP contribution in [0.15, 0.2) is 84.9 Å². The molecule has 1 aliphatic rings. The molecule has 0 amide bonds. The monoisotopic (exact) mass is 395 g/mol. The molecule has 0 saturated carbocycles. The summed E-state index contributed by atoms with van der Waals surface area (Å²) in [7, 11) is 0. The van der Waals surface area contributed by atoms with Gasteiger partial charge in [0, 0.05) is 12.1 Å². The molecule has 3 aromatic carbocycles. The number of thioether (sulfide) groups is 1. The van der Waals surface area contributed by atoms with Gasteiger partial charge in [-0.15, -0.1) is 0 Å². The second-order valence-corrected chi connectivity index (χ2v) is 8.32. The average Bonchev–Trinajstić information content (AvgIpc) is 2.96. The molecule has 0 spiro atoms. The number of halogens is 1. The van der Waals surface area contributed by atoms with Crippen LogP contribution >= 0.6 is 24.0 Å². The van der Waals surface area contributed by atoms with Crippen LogP contribution in [-0.4, -0.2) is 14.3 Å². The quantitative estimate of drug-likeness (QED) is 0.610. The Labute approximate surface area is 167 Å². The zero-order chi connectivity index (χ0) is 18.9. The number of aliphatic hydroxyl groups is 1. The first kappa shape index (κ1) is 18.2. The summed E-state index contributed by atoms with van der Waals surface area (Å²) < 4.78 is 14.8. The first-order valence-electron chi connectivity index (χ1n) is 8.65. The number of thiocarbonyl (C=S) groups is 1. The molecule has 0 aromatic heterocycles. The Balaban J connectivity index is 1.80. The first-order valence-corrected chi connectivity index (χ1v) is 9.88. The second kappa shape index (κ2) is 7.43. The highest BCUT2D eigenvalue weighted by Crippen LogP contribution is 2.55. The van der Waals surface area contributed by atoms with Crippen molar-refractivity contribution in [2.24, 2.45) is 0 Å². The zero-order valence-electron chi connectivity index (χ0n) is 14.5. The van der Waals surface area contributed by atoms with E-state index in [1.165, 1.54) is 17.8 Å². The maximum atomic E-state index is 14.3. The maximum absolute atomic E-state index is 14.3. The van der Waals surface area contributed by atoms with Crippen molar-refractivity contribution in [1.29, 1.82) is 0 Å². The molecule has 1 aliphatic heterocycles.